The second-order valence-electron chi connectivity index (χ2n) is 3.96. The highest BCUT2D eigenvalue weighted by Gasteiger charge is 2.20. The van der Waals surface area contributed by atoms with Crippen LogP contribution in [0.3, 0.4) is 0 Å². The van der Waals surface area contributed by atoms with Gasteiger partial charge in [0, 0.05) is 30.9 Å². The standard InChI is InChI=1S/C12H15N3O4/c1-13-6-2-3-11(15(18)19)9-14-7-4-10(5-8-14)12(16)17/h2-4,6H,1,5,7-9H2,(H,16,17)/b6-2-,11-3+. The monoisotopic (exact) mass is 265 g/mol. The summed E-state index contributed by atoms with van der Waals surface area (Å²) in [5.41, 5.74) is 0.394. The fraction of sp³-hybridized carbons (Fsp3) is 0.333. The molecule has 19 heavy (non-hydrogen) atoms. The van der Waals surface area contributed by atoms with E-state index >= 15 is 0 Å². The number of nitro groups is 1. The van der Waals surface area contributed by atoms with E-state index in [0.29, 0.717) is 25.1 Å². The number of hydrogen-bond donors (Lipinski definition) is 1. The average molecular weight is 265 g/mol. The van der Waals surface area contributed by atoms with Gasteiger partial charge < -0.3 is 5.11 Å². The third-order valence-electron chi connectivity index (χ3n) is 2.67. The van der Waals surface area contributed by atoms with Crippen LogP contribution >= 0.6 is 0 Å². The molecule has 1 rings (SSSR count). The van der Waals surface area contributed by atoms with Crippen LogP contribution < -0.4 is 0 Å². The highest BCUT2D eigenvalue weighted by atomic mass is 16.6. The molecule has 0 bridgehead atoms. The summed E-state index contributed by atoms with van der Waals surface area (Å²) < 4.78 is 0. The minimum absolute atomic E-state index is 0.0343. The number of aliphatic carboxylic acids is 1. The Bertz CT molecular complexity index is 466. The summed E-state index contributed by atoms with van der Waals surface area (Å²) in [7, 11) is 0. The molecule has 0 fully saturated rings. The predicted octanol–water partition coefficient (Wildman–Crippen LogP) is 1.08. The number of carboxylic acid groups (broad SMARTS) is 1. The highest BCUT2D eigenvalue weighted by Crippen LogP contribution is 2.12. The summed E-state index contributed by atoms with van der Waals surface area (Å²) in [5.74, 6) is -0.926. The van der Waals surface area contributed by atoms with Crippen molar-refractivity contribution < 1.29 is 14.8 Å². The average Bonchev–Trinajstić information content (AvgIpc) is 2.38. The molecule has 1 N–H and O–H groups in total. The number of carbonyl (C=O) groups is 1. The Hall–Kier alpha value is -2.28. The second kappa shape index (κ2) is 7.22. The van der Waals surface area contributed by atoms with Gasteiger partial charge in [0.1, 0.15) is 0 Å². The second-order valence-corrected chi connectivity index (χ2v) is 3.96. The molecule has 0 unspecified atom stereocenters. The van der Waals surface area contributed by atoms with Gasteiger partial charge in [0.15, 0.2) is 0 Å². The molecule has 1 heterocycles. The minimum atomic E-state index is -0.926. The van der Waals surface area contributed by atoms with Gasteiger partial charge in [-0.3, -0.25) is 20.0 Å². The van der Waals surface area contributed by atoms with Crippen LogP contribution in [0.1, 0.15) is 6.42 Å². The van der Waals surface area contributed by atoms with E-state index in [1.165, 1.54) is 18.4 Å². The van der Waals surface area contributed by atoms with Gasteiger partial charge >= 0.3 is 5.97 Å². The third kappa shape index (κ3) is 4.84. The van der Waals surface area contributed by atoms with E-state index in [1.54, 1.807) is 6.08 Å². The molecule has 0 aromatic rings. The molecule has 1 aliphatic heterocycles. The van der Waals surface area contributed by atoms with Gasteiger partial charge in [0.2, 0.25) is 0 Å². The van der Waals surface area contributed by atoms with Crippen LogP contribution in [0.15, 0.2) is 40.7 Å². The quantitative estimate of drug-likeness (QED) is 0.335. The Kier molecular flexibility index (Phi) is 5.62. The van der Waals surface area contributed by atoms with Gasteiger partial charge in [0.25, 0.3) is 5.70 Å². The van der Waals surface area contributed by atoms with Crippen molar-refractivity contribution in [2.75, 3.05) is 19.6 Å². The lowest BCUT2D eigenvalue weighted by Gasteiger charge is -2.23. The first kappa shape index (κ1) is 14.8. The van der Waals surface area contributed by atoms with E-state index in [-0.39, 0.29) is 12.2 Å². The largest absolute Gasteiger partial charge is 0.478 e. The Balaban J connectivity index is 2.65. The molecule has 0 aliphatic carbocycles. The van der Waals surface area contributed by atoms with Crippen molar-refractivity contribution in [1.29, 1.82) is 0 Å². The number of rotatable bonds is 6. The summed E-state index contributed by atoms with van der Waals surface area (Å²) in [4.78, 5) is 26.4. The number of carboxylic acids is 1. The Labute approximate surface area is 110 Å². The topological polar surface area (TPSA) is 96.0 Å². The van der Waals surface area contributed by atoms with Gasteiger partial charge in [-0.1, -0.05) is 6.08 Å². The lowest BCUT2D eigenvalue weighted by molar-refractivity contribution is -0.428. The maximum absolute atomic E-state index is 10.9. The minimum Gasteiger partial charge on any atom is -0.478 e. The first-order valence-electron chi connectivity index (χ1n) is 5.65. The fourth-order valence-electron chi connectivity index (χ4n) is 1.66. The van der Waals surface area contributed by atoms with Crippen molar-refractivity contribution in [2.24, 2.45) is 4.99 Å². The fourth-order valence-corrected chi connectivity index (χ4v) is 1.66. The predicted molar refractivity (Wildman–Crippen MR) is 70.5 cm³/mol. The van der Waals surface area contributed by atoms with Crippen molar-refractivity contribution >= 4 is 12.7 Å². The van der Waals surface area contributed by atoms with Gasteiger partial charge in [0.05, 0.1) is 11.5 Å². The first-order chi connectivity index (χ1) is 9.04. The van der Waals surface area contributed by atoms with E-state index in [0.717, 1.165) is 0 Å². The lowest BCUT2D eigenvalue weighted by atomic mass is 10.1. The van der Waals surface area contributed by atoms with E-state index in [4.69, 9.17) is 5.11 Å². The summed E-state index contributed by atoms with van der Waals surface area (Å²) in [6.07, 6.45) is 6.16. The molecule has 1 aliphatic rings. The van der Waals surface area contributed by atoms with Crippen molar-refractivity contribution in [3.05, 3.63) is 45.8 Å². The van der Waals surface area contributed by atoms with Crippen LogP contribution in [0.4, 0.5) is 0 Å². The molecule has 0 radical (unpaired) electrons. The van der Waals surface area contributed by atoms with Gasteiger partial charge in [-0.2, -0.15) is 0 Å². The molecular weight excluding hydrogens is 250 g/mol. The number of allylic oxidation sites excluding steroid dienone is 2. The van der Waals surface area contributed by atoms with Gasteiger partial charge in [-0.25, -0.2) is 4.79 Å². The maximum atomic E-state index is 10.9. The smallest absolute Gasteiger partial charge is 0.331 e. The van der Waals surface area contributed by atoms with Crippen LogP contribution in [0.2, 0.25) is 0 Å². The van der Waals surface area contributed by atoms with E-state index in [1.807, 2.05) is 4.90 Å². The van der Waals surface area contributed by atoms with Gasteiger partial charge in [-0.05, 0) is 19.2 Å². The summed E-state index contributed by atoms with van der Waals surface area (Å²) in [6, 6.07) is 0. The molecule has 0 saturated carbocycles. The SMILES string of the molecule is C=N/C=C\C=C(/CN1CC=C(C(=O)O)CC1)[N+](=O)[O-]. The summed E-state index contributed by atoms with van der Waals surface area (Å²) in [6.45, 7) is 4.29. The van der Waals surface area contributed by atoms with Crippen LogP contribution in [0.5, 0.6) is 0 Å². The molecule has 0 saturated heterocycles. The first-order valence-corrected chi connectivity index (χ1v) is 5.65. The van der Waals surface area contributed by atoms with E-state index < -0.39 is 10.9 Å². The maximum Gasteiger partial charge on any atom is 0.331 e. The zero-order chi connectivity index (χ0) is 14.3. The van der Waals surface area contributed by atoms with E-state index in [2.05, 4.69) is 11.7 Å². The Morgan fingerprint density at radius 3 is 2.89 bits per heavy atom. The molecule has 0 spiro atoms. The Morgan fingerprint density at radius 2 is 2.42 bits per heavy atom. The normalized spacial score (nSPS) is 17.3. The Morgan fingerprint density at radius 1 is 1.68 bits per heavy atom. The number of nitrogens with zero attached hydrogens (tertiary/aromatic N) is 3. The van der Waals surface area contributed by atoms with Crippen molar-refractivity contribution in [3.63, 3.8) is 0 Å². The zero-order valence-electron chi connectivity index (χ0n) is 10.4. The van der Waals surface area contributed by atoms with Crippen molar-refractivity contribution in [1.82, 2.24) is 4.90 Å². The molecule has 0 amide bonds. The van der Waals surface area contributed by atoms with Crippen LogP contribution in [-0.4, -0.2) is 47.3 Å². The van der Waals surface area contributed by atoms with Crippen molar-refractivity contribution in [2.45, 2.75) is 6.42 Å². The molecule has 0 aromatic heterocycles. The molecular formula is C12H15N3O4. The highest BCUT2D eigenvalue weighted by molar-refractivity contribution is 5.86. The van der Waals surface area contributed by atoms with Crippen LogP contribution in [-0.2, 0) is 4.79 Å². The van der Waals surface area contributed by atoms with Crippen LogP contribution in [0.25, 0.3) is 0 Å². The zero-order valence-corrected chi connectivity index (χ0v) is 10.4. The molecule has 0 atom stereocenters. The number of hydrogen-bond acceptors (Lipinski definition) is 5. The number of aliphatic imine (C=N–C) groups is 1. The molecule has 102 valence electrons. The van der Waals surface area contributed by atoms with E-state index in [9.17, 15) is 14.9 Å². The molecule has 7 heteroatoms. The van der Waals surface area contributed by atoms with Crippen LogP contribution in [0, 0.1) is 10.1 Å². The molecule has 0 aromatic carbocycles. The van der Waals surface area contributed by atoms with Gasteiger partial charge in [-0.15, -0.1) is 0 Å². The summed E-state index contributed by atoms with van der Waals surface area (Å²) in [5, 5.41) is 19.7. The molecule has 7 nitrogen and oxygen atoms in total. The third-order valence-corrected chi connectivity index (χ3v) is 2.67. The summed E-state index contributed by atoms with van der Waals surface area (Å²) >= 11 is 0. The van der Waals surface area contributed by atoms with Crippen molar-refractivity contribution in [3.8, 4) is 0 Å². The lowest BCUT2D eigenvalue weighted by Crippen LogP contribution is -2.33.